The Morgan fingerprint density at radius 3 is 2.45 bits per heavy atom. The first kappa shape index (κ1) is 23.7. The number of morpholine rings is 1. The summed E-state index contributed by atoms with van der Waals surface area (Å²) in [5.41, 5.74) is 0.748. The van der Waals surface area contributed by atoms with E-state index in [-0.39, 0.29) is 23.1 Å². The Labute approximate surface area is 196 Å². The average molecular weight is 493 g/mol. The second-order valence-electron chi connectivity index (χ2n) is 7.43. The van der Waals surface area contributed by atoms with Crippen molar-refractivity contribution in [2.75, 3.05) is 44.4 Å². The van der Waals surface area contributed by atoms with Crippen LogP contribution in [0.3, 0.4) is 0 Å². The lowest BCUT2D eigenvalue weighted by Crippen LogP contribution is -2.38. The van der Waals surface area contributed by atoms with E-state index in [9.17, 15) is 12.8 Å². The van der Waals surface area contributed by atoms with Gasteiger partial charge in [-0.05, 0) is 36.4 Å². The second-order valence-corrected chi connectivity index (χ2v) is 10.2. The predicted octanol–water partition coefficient (Wildman–Crippen LogP) is 2.92. The third-order valence-electron chi connectivity index (χ3n) is 5.09. The molecule has 0 spiro atoms. The van der Waals surface area contributed by atoms with E-state index in [1.165, 1.54) is 23.9 Å². The van der Waals surface area contributed by atoms with Gasteiger partial charge in [-0.25, -0.2) is 4.39 Å². The molecule has 1 saturated heterocycles. The monoisotopic (exact) mass is 492 g/mol. The van der Waals surface area contributed by atoms with Crippen LogP contribution in [0.4, 0.5) is 4.39 Å². The highest BCUT2D eigenvalue weighted by Crippen LogP contribution is 2.25. The minimum atomic E-state index is -3.74. The highest BCUT2D eigenvalue weighted by Gasteiger charge is 2.19. The van der Waals surface area contributed by atoms with Crippen molar-refractivity contribution < 1.29 is 21.7 Å². The fourth-order valence-corrected chi connectivity index (χ4v) is 5.63. The minimum absolute atomic E-state index is 0.172. The molecule has 1 fully saturated rings. The van der Waals surface area contributed by atoms with Crippen molar-refractivity contribution in [2.24, 2.45) is 0 Å². The molecule has 11 heteroatoms. The van der Waals surface area contributed by atoms with Crippen molar-refractivity contribution >= 4 is 21.9 Å². The van der Waals surface area contributed by atoms with Gasteiger partial charge in [0, 0.05) is 37.5 Å². The Kier molecular flexibility index (Phi) is 7.97. The van der Waals surface area contributed by atoms with E-state index in [0.29, 0.717) is 30.7 Å². The summed E-state index contributed by atoms with van der Waals surface area (Å²) in [4.78, 5) is 2.30. The Morgan fingerprint density at radius 1 is 1.00 bits per heavy atom. The fourth-order valence-electron chi connectivity index (χ4n) is 3.38. The van der Waals surface area contributed by atoms with E-state index < -0.39 is 10.1 Å². The third kappa shape index (κ3) is 6.76. The molecule has 1 aliphatic heterocycles. The fraction of sp³-hybridized carbons (Fsp3) is 0.364. The lowest BCUT2D eigenvalue weighted by molar-refractivity contribution is 0.0361. The van der Waals surface area contributed by atoms with Crippen LogP contribution in [-0.4, -0.2) is 72.4 Å². The number of hydrogen-bond acceptors (Lipinski definition) is 8. The van der Waals surface area contributed by atoms with Gasteiger partial charge in [-0.2, -0.15) is 8.42 Å². The van der Waals surface area contributed by atoms with E-state index in [1.807, 2.05) is 4.57 Å². The molecule has 0 radical (unpaired) electrons. The van der Waals surface area contributed by atoms with Crippen molar-refractivity contribution in [3.05, 3.63) is 60.4 Å². The summed E-state index contributed by atoms with van der Waals surface area (Å²) in [7, 11) is -3.74. The zero-order valence-corrected chi connectivity index (χ0v) is 19.6. The molecular weight excluding hydrogens is 467 g/mol. The van der Waals surface area contributed by atoms with Gasteiger partial charge < -0.3 is 13.5 Å². The van der Waals surface area contributed by atoms with Crippen LogP contribution in [0.25, 0.3) is 11.4 Å². The van der Waals surface area contributed by atoms with Crippen LogP contribution in [0, 0.1) is 5.82 Å². The number of ether oxygens (including phenoxy) is 1. The lowest BCUT2D eigenvalue weighted by Gasteiger charge is -2.27. The Morgan fingerprint density at radius 2 is 1.73 bits per heavy atom. The van der Waals surface area contributed by atoms with Crippen LogP contribution in [0.15, 0.2) is 59.8 Å². The summed E-state index contributed by atoms with van der Waals surface area (Å²) >= 11 is 1.30. The van der Waals surface area contributed by atoms with Gasteiger partial charge in [-0.1, -0.05) is 30.0 Å². The van der Waals surface area contributed by atoms with Crippen LogP contribution in [0.1, 0.15) is 0 Å². The lowest BCUT2D eigenvalue weighted by atomic mass is 10.2. The second kappa shape index (κ2) is 11.1. The van der Waals surface area contributed by atoms with Gasteiger partial charge in [0.25, 0.3) is 0 Å². The molecule has 2 heterocycles. The quantitative estimate of drug-likeness (QED) is 0.315. The maximum absolute atomic E-state index is 13.4. The molecular formula is C22H25FN4O4S2. The smallest absolute Gasteiger partial charge is 0.310 e. The maximum Gasteiger partial charge on any atom is 0.310 e. The first-order chi connectivity index (χ1) is 16.0. The first-order valence-electron chi connectivity index (χ1n) is 10.6. The maximum atomic E-state index is 13.4. The van der Waals surface area contributed by atoms with Crippen LogP contribution < -0.4 is 4.18 Å². The van der Waals surface area contributed by atoms with Crippen LogP contribution in [0.5, 0.6) is 5.75 Å². The number of nitrogens with zero attached hydrogens (tertiary/aromatic N) is 4. The normalized spacial score (nSPS) is 14.9. The molecule has 8 nitrogen and oxygen atoms in total. The standard InChI is InChI=1S/C22H25FN4O4S2/c23-19-8-6-18(7-9-19)21-24-25-22(27(21)11-10-26-12-14-30-15-13-26)32-16-17-33(28,29)31-20-4-2-1-3-5-20/h1-9H,10-17H2. The number of benzene rings is 2. The van der Waals surface area contributed by atoms with Gasteiger partial charge in [-0.3, -0.25) is 4.90 Å². The van der Waals surface area contributed by atoms with Gasteiger partial charge in [0.2, 0.25) is 0 Å². The Bertz CT molecular complexity index is 1130. The largest absolute Gasteiger partial charge is 0.382 e. The predicted molar refractivity (Wildman–Crippen MR) is 124 cm³/mol. The molecule has 0 amide bonds. The Hall–Kier alpha value is -2.47. The number of halogens is 1. The van der Waals surface area contributed by atoms with E-state index in [0.717, 1.165) is 25.2 Å². The van der Waals surface area contributed by atoms with E-state index in [4.69, 9.17) is 8.92 Å². The first-order valence-corrected chi connectivity index (χ1v) is 13.2. The number of para-hydroxylation sites is 1. The van der Waals surface area contributed by atoms with Crippen molar-refractivity contribution in [2.45, 2.75) is 11.7 Å². The molecule has 1 aromatic heterocycles. The minimum Gasteiger partial charge on any atom is -0.382 e. The molecule has 3 aromatic rings. The average Bonchev–Trinajstić information content (AvgIpc) is 3.21. The molecule has 33 heavy (non-hydrogen) atoms. The highest BCUT2D eigenvalue weighted by molar-refractivity contribution is 8.00. The molecule has 2 aromatic carbocycles. The van der Waals surface area contributed by atoms with E-state index in [2.05, 4.69) is 15.1 Å². The summed E-state index contributed by atoms with van der Waals surface area (Å²) in [6.45, 7) is 4.51. The van der Waals surface area contributed by atoms with Gasteiger partial charge in [-0.15, -0.1) is 10.2 Å². The summed E-state index contributed by atoms with van der Waals surface area (Å²) in [6.07, 6.45) is 0. The van der Waals surface area contributed by atoms with Crippen molar-refractivity contribution in [3.8, 4) is 17.1 Å². The molecule has 1 aliphatic rings. The Balaban J connectivity index is 1.45. The summed E-state index contributed by atoms with van der Waals surface area (Å²) in [5, 5.41) is 9.20. The van der Waals surface area contributed by atoms with Crippen LogP contribution in [-0.2, 0) is 21.4 Å². The van der Waals surface area contributed by atoms with Crippen molar-refractivity contribution in [3.63, 3.8) is 0 Å². The summed E-state index contributed by atoms with van der Waals surface area (Å²) in [5.74, 6) is 0.670. The molecule has 176 valence electrons. The zero-order valence-electron chi connectivity index (χ0n) is 18.0. The van der Waals surface area contributed by atoms with Gasteiger partial charge >= 0.3 is 10.1 Å². The highest BCUT2D eigenvalue weighted by atomic mass is 32.2. The topological polar surface area (TPSA) is 86.5 Å². The molecule has 0 bridgehead atoms. The number of aromatic nitrogens is 3. The number of rotatable bonds is 10. The third-order valence-corrected chi connectivity index (χ3v) is 7.47. The van der Waals surface area contributed by atoms with Gasteiger partial charge in [0.1, 0.15) is 11.6 Å². The van der Waals surface area contributed by atoms with Crippen molar-refractivity contribution in [1.29, 1.82) is 0 Å². The summed E-state index contributed by atoms with van der Waals surface area (Å²) < 4.78 is 50.6. The molecule has 4 rings (SSSR count). The zero-order chi connectivity index (χ0) is 23.1. The van der Waals surface area contributed by atoms with E-state index >= 15 is 0 Å². The van der Waals surface area contributed by atoms with Crippen LogP contribution in [0.2, 0.25) is 0 Å². The SMILES string of the molecule is O=S(=O)(CCSc1nnc(-c2ccc(F)cc2)n1CCN1CCOCC1)Oc1ccccc1. The van der Waals surface area contributed by atoms with Gasteiger partial charge in [0.05, 0.1) is 19.0 Å². The molecule has 0 aliphatic carbocycles. The van der Waals surface area contributed by atoms with E-state index in [1.54, 1.807) is 42.5 Å². The molecule has 0 N–H and O–H groups in total. The summed E-state index contributed by atoms with van der Waals surface area (Å²) in [6, 6.07) is 14.5. The van der Waals surface area contributed by atoms with Crippen LogP contribution >= 0.6 is 11.8 Å². The molecule has 0 unspecified atom stereocenters. The molecule has 0 atom stereocenters. The van der Waals surface area contributed by atoms with Crippen molar-refractivity contribution in [1.82, 2.24) is 19.7 Å². The number of hydrogen-bond donors (Lipinski definition) is 0. The molecule has 0 saturated carbocycles. The van der Waals surface area contributed by atoms with Gasteiger partial charge in [0.15, 0.2) is 11.0 Å². The number of thioether (sulfide) groups is 1.